The van der Waals surface area contributed by atoms with Crippen molar-refractivity contribution in [2.24, 2.45) is 0 Å². The van der Waals surface area contributed by atoms with E-state index in [0.717, 1.165) is 19.3 Å². The molecule has 1 N–H and O–H groups in total. The first-order valence-electron chi connectivity index (χ1n) is 5.56. The molecule has 0 saturated heterocycles. The summed E-state index contributed by atoms with van der Waals surface area (Å²) < 4.78 is 34.7. The summed E-state index contributed by atoms with van der Waals surface area (Å²) in [5, 5.41) is 0. The highest BCUT2D eigenvalue weighted by Crippen LogP contribution is 2.06. The lowest BCUT2D eigenvalue weighted by molar-refractivity contribution is 0.106. The first kappa shape index (κ1) is 14.9. The van der Waals surface area contributed by atoms with Gasteiger partial charge in [0.05, 0.1) is 0 Å². The molecule has 0 bridgehead atoms. The third-order valence-electron chi connectivity index (χ3n) is 2.27. The lowest BCUT2D eigenvalue weighted by Crippen LogP contribution is -2.20. The van der Waals surface area contributed by atoms with Crippen LogP contribution >= 0.6 is 0 Å². The summed E-state index contributed by atoms with van der Waals surface area (Å²) in [6.45, 7) is 3.90. The SMILES string of the molecule is CCCCCCCCOC(C)S(=O)(=O)O. The van der Waals surface area contributed by atoms with Gasteiger partial charge in [-0.05, 0) is 13.3 Å². The fraction of sp³-hybridized carbons (Fsp3) is 1.00. The Morgan fingerprint density at radius 1 is 1.13 bits per heavy atom. The molecule has 1 atom stereocenters. The summed E-state index contributed by atoms with van der Waals surface area (Å²) >= 11 is 0. The lowest BCUT2D eigenvalue weighted by atomic mass is 10.1. The van der Waals surface area contributed by atoms with Crippen LogP contribution in [-0.4, -0.2) is 25.0 Å². The lowest BCUT2D eigenvalue weighted by Gasteiger charge is -2.09. The largest absolute Gasteiger partial charge is 0.360 e. The summed E-state index contributed by atoms with van der Waals surface area (Å²) in [5.41, 5.74) is -1.10. The number of ether oxygens (including phenoxy) is 1. The Balaban J connectivity index is 3.32. The Kier molecular flexibility index (Phi) is 8.00. The van der Waals surface area contributed by atoms with Gasteiger partial charge in [0.2, 0.25) is 0 Å². The zero-order valence-corrected chi connectivity index (χ0v) is 10.4. The number of rotatable bonds is 9. The summed E-state index contributed by atoms with van der Waals surface area (Å²) in [4.78, 5) is 0. The molecule has 0 aliphatic rings. The van der Waals surface area contributed by atoms with Crippen LogP contribution in [0.5, 0.6) is 0 Å². The highest BCUT2D eigenvalue weighted by atomic mass is 32.2. The average molecular weight is 238 g/mol. The van der Waals surface area contributed by atoms with Gasteiger partial charge < -0.3 is 4.74 Å². The van der Waals surface area contributed by atoms with E-state index in [2.05, 4.69) is 6.92 Å². The molecule has 0 fully saturated rings. The molecule has 4 nitrogen and oxygen atoms in total. The molecule has 0 aliphatic carbocycles. The normalized spacial score (nSPS) is 14.1. The quantitative estimate of drug-likeness (QED) is 0.495. The maximum absolute atomic E-state index is 10.6. The summed E-state index contributed by atoms with van der Waals surface area (Å²) in [6, 6.07) is 0. The Bertz CT molecular complexity index is 236. The minimum atomic E-state index is -4.03. The third kappa shape index (κ3) is 8.84. The van der Waals surface area contributed by atoms with Crippen LogP contribution in [0, 0.1) is 0 Å². The van der Waals surface area contributed by atoms with Gasteiger partial charge in [0.25, 0.3) is 10.1 Å². The van der Waals surface area contributed by atoms with E-state index in [-0.39, 0.29) is 0 Å². The molecule has 0 rings (SSSR count). The van der Waals surface area contributed by atoms with Gasteiger partial charge in [-0.3, -0.25) is 4.55 Å². The predicted octanol–water partition coefficient (Wildman–Crippen LogP) is 2.60. The van der Waals surface area contributed by atoms with Gasteiger partial charge in [-0.1, -0.05) is 39.0 Å². The van der Waals surface area contributed by atoms with E-state index in [1.54, 1.807) is 0 Å². The Morgan fingerprint density at radius 2 is 1.67 bits per heavy atom. The molecule has 0 aromatic rings. The molecular formula is C10H22O4S. The van der Waals surface area contributed by atoms with Gasteiger partial charge >= 0.3 is 0 Å². The van der Waals surface area contributed by atoms with Gasteiger partial charge in [-0.15, -0.1) is 0 Å². The van der Waals surface area contributed by atoms with E-state index in [0.29, 0.717) is 6.61 Å². The van der Waals surface area contributed by atoms with Crippen LogP contribution in [0.2, 0.25) is 0 Å². The van der Waals surface area contributed by atoms with E-state index in [9.17, 15) is 8.42 Å². The monoisotopic (exact) mass is 238 g/mol. The van der Waals surface area contributed by atoms with Crippen molar-refractivity contribution in [2.75, 3.05) is 6.61 Å². The van der Waals surface area contributed by atoms with Crippen molar-refractivity contribution in [3.63, 3.8) is 0 Å². The minimum absolute atomic E-state index is 0.396. The molecule has 15 heavy (non-hydrogen) atoms. The molecular weight excluding hydrogens is 216 g/mol. The van der Waals surface area contributed by atoms with Crippen LogP contribution in [0.15, 0.2) is 0 Å². The fourth-order valence-corrected chi connectivity index (χ4v) is 1.49. The smallest absolute Gasteiger partial charge is 0.291 e. The second kappa shape index (κ2) is 8.07. The van der Waals surface area contributed by atoms with Gasteiger partial charge in [-0.2, -0.15) is 8.42 Å². The Hall–Kier alpha value is -0.130. The van der Waals surface area contributed by atoms with Crippen LogP contribution in [0.1, 0.15) is 52.4 Å². The molecule has 92 valence electrons. The number of unbranched alkanes of at least 4 members (excludes halogenated alkanes) is 5. The van der Waals surface area contributed by atoms with Crippen molar-refractivity contribution >= 4 is 10.1 Å². The Morgan fingerprint density at radius 3 is 2.20 bits per heavy atom. The number of hydrogen-bond acceptors (Lipinski definition) is 3. The molecule has 0 heterocycles. The fourth-order valence-electron chi connectivity index (χ4n) is 1.22. The van der Waals surface area contributed by atoms with E-state index in [1.165, 1.54) is 26.2 Å². The summed E-state index contributed by atoms with van der Waals surface area (Å²) in [6.07, 6.45) is 6.77. The maximum atomic E-state index is 10.6. The number of hydrogen-bond donors (Lipinski definition) is 1. The topological polar surface area (TPSA) is 63.6 Å². The van der Waals surface area contributed by atoms with Gasteiger partial charge in [0.1, 0.15) is 0 Å². The van der Waals surface area contributed by atoms with Crippen LogP contribution < -0.4 is 0 Å². The molecule has 5 heteroatoms. The Labute approximate surface area is 92.8 Å². The first-order chi connectivity index (χ1) is 6.98. The maximum Gasteiger partial charge on any atom is 0.291 e. The van der Waals surface area contributed by atoms with Crippen molar-refractivity contribution < 1.29 is 17.7 Å². The van der Waals surface area contributed by atoms with Crippen LogP contribution in [0.3, 0.4) is 0 Å². The predicted molar refractivity (Wildman–Crippen MR) is 60.3 cm³/mol. The molecule has 1 unspecified atom stereocenters. The molecule has 0 radical (unpaired) electrons. The minimum Gasteiger partial charge on any atom is -0.360 e. The summed E-state index contributed by atoms with van der Waals surface area (Å²) in [5.74, 6) is 0. The van der Waals surface area contributed by atoms with Crippen LogP contribution in [-0.2, 0) is 14.9 Å². The standard InChI is InChI=1S/C10H22O4S/c1-3-4-5-6-7-8-9-14-10(2)15(11,12)13/h10H,3-9H2,1-2H3,(H,11,12,13). The van der Waals surface area contributed by atoms with Crippen molar-refractivity contribution in [1.82, 2.24) is 0 Å². The highest BCUT2D eigenvalue weighted by Gasteiger charge is 2.16. The van der Waals surface area contributed by atoms with Crippen LogP contribution in [0.25, 0.3) is 0 Å². The van der Waals surface area contributed by atoms with Gasteiger partial charge in [0, 0.05) is 6.61 Å². The molecule has 0 amide bonds. The summed E-state index contributed by atoms with van der Waals surface area (Å²) in [7, 11) is -4.03. The highest BCUT2D eigenvalue weighted by molar-refractivity contribution is 7.86. The van der Waals surface area contributed by atoms with Crippen molar-refractivity contribution in [1.29, 1.82) is 0 Å². The molecule has 0 spiro atoms. The van der Waals surface area contributed by atoms with Gasteiger partial charge in [-0.25, -0.2) is 0 Å². The van der Waals surface area contributed by atoms with E-state index in [4.69, 9.17) is 9.29 Å². The van der Waals surface area contributed by atoms with E-state index < -0.39 is 15.6 Å². The average Bonchev–Trinajstić information content (AvgIpc) is 2.14. The van der Waals surface area contributed by atoms with Crippen LogP contribution in [0.4, 0.5) is 0 Å². The van der Waals surface area contributed by atoms with Gasteiger partial charge in [0.15, 0.2) is 5.44 Å². The second-order valence-corrected chi connectivity index (χ2v) is 5.41. The molecule has 0 aliphatic heterocycles. The zero-order chi connectivity index (χ0) is 11.7. The molecule has 0 aromatic heterocycles. The van der Waals surface area contributed by atoms with Crippen molar-refractivity contribution in [3.8, 4) is 0 Å². The van der Waals surface area contributed by atoms with E-state index in [1.807, 2.05) is 0 Å². The molecule has 0 saturated carbocycles. The molecule has 0 aromatic carbocycles. The first-order valence-corrected chi connectivity index (χ1v) is 7.06. The van der Waals surface area contributed by atoms with Crippen molar-refractivity contribution in [2.45, 2.75) is 57.8 Å². The second-order valence-electron chi connectivity index (χ2n) is 3.72. The third-order valence-corrected chi connectivity index (χ3v) is 3.24. The zero-order valence-electron chi connectivity index (χ0n) is 9.61. The van der Waals surface area contributed by atoms with Crippen molar-refractivity contribution in [3.05, 3.63) is 0 Å². The van der Waals surface area contributed by atoms with E-state index >= 15 is 0 Å².